The van der Waals surface area contributed by atoms with Gasteiger partial charge in [-0.3, -0.25) is 0 Å². The van der Waals surface area contributed by atoms with Gasteiger partial charge in [0.2, 0.25) is 5.58 Å². The number of rotatable bonds is 3. The van der Waals surface area contributed by atoms with Gasteiger partial charge in [-0.25, -0.2) is 0 Å². The lowest BCUT2D eigenvalue weighted by Gasteiger charge is -1.94. The third-order valence-corrected chi connectivity index (χ3v) is 3.00. The molecule has 0 aliphatic carbocycles. The number of halogens is 4. The Morgan fingerprint density at radius 3 is 2.26 bits per heavy atom. The highest BCUT2D eigenvalue weighted by atomic mass is 32.2. The van der Waals surface area contributed by atoms with Crippen molar-refractivity contribution in [2.45, 2.75) is 25.6 Å². The van der Waals surface area contributed by atoms with Gasteiger partial charge in [0.15, 0.2) is 6.54 Å². The fraction of sp³-hybridized carbons (Fsp3) is 0.364. The van der Waals surface area contributed by atoms with Crippen molar-refractivity contribution in [2.75, 3.05) is 5.75 Å². The Bertz CT molecular complexity index is 523. The fourth-order valence-corrected chi connectivity index (χ4v) is 2.32. The summed E-state index contributed by atoms with van der Waals surface area (Å²) < 4.78 is 47.0. The number of aryl methyl sites for hydroxylation is 1. The average Bonchev–Trinajstić information content (AvgIpc) is 2.64. The molecule has 2 aromatic rings. The van der Waals surface area contributed by atoms with Crippen LogP contribution < -0.4 is 4.57 Å². The number of thioether (sulfide) groups is 1. The van der Waals surface area contributed by atoms with Gasteiger partial charge < -0.3 is 21.7 Å². The Morgan fingerprint density at radius 2 is 1.74 bits per heavy atom. The number of benzene rings is 1. The molecule has 2 nitrogen and oxygen atoms in total. The molecule has 2 rings (SSSR count). The summed E-state index contributed by atoms with van der Waals surface area (Å²) in [5.74, 6) is 1.04. The van der Waals surface area contributed by atoms with Gasteiger partial charge in [-0.1, -0.05) is 19.1 Å². The van der Waals surface area contributed by atoms with E-state index in [0.717, 1.165) is 23.1 Å². The van der Waals surface area contributed by atoms with E-state index in [1.165, 1.54) is 5.52 Å². The van der Waals surface area contributed by atoms with Crippen LogP contribution in [0, 0.1) is 0 Å². The number of aromatic nitrogens is 1. The van der Waals surface area contributed by atoms with Crippen LogP contribution in [-0.4, -0.2) is 13.0 Å². The van der Waals surface area contributed by atoms with Crippen LogP contribution in [0.1, 0.15) is 13.8 Å². The van der Waals surface area contributed by atoms with Crippen molar-refractivity contribution >= 4 is 30.1 Å². The van der Waals surface area contributed by atoms with Crippen LogP contribution in [0.2, 0.25) is 0 Å². The molecule has 1 aromatic heterocycles. The second-order valence-electron chi connectivity index (χ2n) is 3.51. The van der Waals surface area contributed by atoms with Crippen molar-refractivity contribution in [3.63, 3.8) is 0 Å². The summed E-state index contributed by atoms with van der Waals surface area (Å²) in [6, 6.07) is 8.17. The largest absolute Gasteiger partial charge is 0.673 e. The molecule has 0 saturated heterocycles. The van der Waals surface area contributed by atoms with Gasteiger partial charge in [-0.15, -0.1) is 0 Å². The third-order valence-electron chi connectivity index (χ3n) is 2.16. The van der Waals surface area contributed by atoms with Crippen LogP contribution >= 0.6 is 11.8 Å². The molecule has 0 spiro atoms. The maximum absolute atomic E-state index is 9.75. The van der Waals surface area contributed by atoms with E-state index in [1.807, 2.05) is 18.2 Å². The molecule has 8 heteroatoms. The van der Waals surface area contributed by atoms with Crippen molar-refractivity contribution in [3.05, 3.63) is 24.3 Å². The summed E-state index contributed by atoms with van der Waals surface area (Å²) in [6.07, 6.45) is 0. The van der Waals surface area contributed by atoms with Crippen LogP contribution in [0.4, 0.5) is 17.3 Å². The zero-order valence-electron chi connectivity index (χ0n) is 10.6. The Labute approximate surface area is 112 Å². The molecule has 0 radical (unpaired) electrons. The van der Waals surface area contributed by atoms with Crippen molar-refractivity contribution in [3.8, 4) is 0 Å². The lowest BCUT2D eigenvalue weighted by molar-refractivity contribution is -0.713. The Balaban J connectivity index is 0.000000312. The first-order chi connectivity index (χ1) is 8.86. The maximum Gasteiger partial charge on any atom is 0.673 e. The zero-order chi connectivity index (χ0) is 14.5. The van der Waals surface area contributed by atoms with Crippen LogP contribution in [-0.2, 0) is 6.54 Å². The summed E-state index contributed by atoms with van der Waals surface area (Å²) in [6.45, 7) is 5.24. The monoisotopic (exact) mass is 295 g/mol. The van der Waals surface area contributed by atoms with E-state index in [1.54, 1.807) is 11.8 Å². The topological polar surface area (TPSA) is 17.0 Å². The minimum Gasteiger partial charge on any atom is -0.418 e. The van der Waals surface area contributed by atoms with E-state index in [-0.39, 0.29) is 0 Å². The first kappa shape index (κ1) is 15.9. The lowest BCUT2D eigenvalue weighted by Crippen LogP contribution is -2.32. The molecule has 0 aliphatic rings. The maximum atomic E-state index is 9.75. The van der Waals surface area contributed by atoms with Gasteiger partial charge in [0.25, 0.3) is 5.52 Å². The third kappa shape index (κ3) is 5.14. The van der Waals surface area contributed by atoms with E-state index in [0.29, 0.717) is 0 Å². The predicted molar refractivity (Wildman–Crippen MR) is 68.7 cm³/mol. The summed E-state index contributed by atoms with van der Waals surface area (Å²) in [7, 11) is -6.00. The van der Waals surface area contributed by atoms with Crippen molar-refractivity contribution < 1.29 is 26.2 Å². The highest BCUT2D eigenvalue weighted by molar-refractivity contribution is 7.98. The standard InChI is InChI=1S/C11H14NOS.BF4/c1-3-12-9-7-5-6-8-10(9)13-11(12)14-4-2;2-1(3,4)5/h5-8H,3-4H2,1-2H3;/q+1;-1. The van der Waals surface area contributed by atoms with Gasteiger partial charge in [0.05, 0.1) is 0 Å². The van der Waals surface area contributed by atoms with Gasteiger partial charge in [0, 0.05) is 11.8 Å². The van der Waals surface area contributed by atoms with Crippen molar-refractivity contribution in [1.29, 1.82) is 0 Å². The molecule has 0 fully saturated rings. The summed E-state index contributed by atoms with van der Waals surface area (Å²) in [4.78, 5) is 0. The average molecular weight is 295 g/mol. The smallest absolute Gasteiger partial charge is 0.418 e. The molecule has 0 N–H and O–H groups in total. The molecule has 0 bridgehead atoms. The summed E-state index contributed by atoms with van der Waals surface area (Å²) in [5, 5.41) is 1.01. The van der Waals surface area contributed by atoms with Gasteiger partial charge in [-0.2, -0.15) is 4.57 Å². The highest BCUT2D eigenvalue weighted by Crippen LogP contribution is 2.21. The van der Waals surface area contributed by atoms with E-state index >= 15 is 0 Å². The number of para-hydroxylation sites is 2. The number of hydrogen-bond acceptors (Lipinski definition) is 2. The Kier molecular flexibility index (Phi) is 5.71. The molecule has 0 aliphatic heterocycles. The molecule has 0 atom stereocenters. The Hall–Kier alpha value is -1.18. The number of hydrogen-bond donors (Lipinski definition) is 0. The van der Waals surface area contributed by atoms with E-state index < -0.39 is 7.25 Å². The molecule has 0 saturated carbocycles. The Morgan fingerprint density at radius 1 is 1.16 bits per heavy atom. The highest BCUT2D eigenvalue weighted by Gasteiger charge is 2.21. The summed E-state index contributed by atoms with van der Waals surface area (Å²) in [5.41, 5.74) is 2.16. The summed E-state index contributed by atoms with van der Waals surface area (Å²) >= 11 is 1.75. The molecular weight excluding hydrogens is 281 g/mol. The van der Waals surface area contributed by atoms with Gasteiger partial charge in [0.1, 0.15) is 0 Å². The van der Waals surface area contributed by atoms with Crippen LogP contribution in [0.15, 0.2) is 33.9 Å². The van der Waals surface area contributed by atoms with Crippen LogP contribution in [0.25, 0.3) is 11.1 Å². The molecule has 19 heavy (non-hydrogen) atoms. The van der Waals surface area contributed by atoms with E-state index in [4.69, 9.17) is 4.42 Å². The molecule has 1 aromatic carbocycles. The van der Waals surface area contributed by atoms with Crippen molar-refractivity contribution in [2.24, 2.45) is 0 Å². The normalized spacial score (nSPS) is 11.3. The van der Waals surface area contributed by atoms with Gasteiger partial charge in [-0.05, 0) is 24.8 Å². The lowest BCUT2D eigenvalue weighted by atomic mass is 10.3. The first-order valence-electron chi connectivity index (χ1n) is 5.78. The van der Waals surface area contributed by atoms with Crippen LogP contribution in [0.3, 0.4) is 0 Å². The SMILES string of the molecule is CCSc1oc2ccccc2[n+]1CC.F[B-](F)(F)F. The van der Waals surface area contributed by atoms with Gasteiger partial charge >= 0.3 is 12.5 Å². The molecule has 0 amide bonds. The van der Waals surface area contributed by atoms with Crippen molar-refractivity contribution in [1.82, 2.24) is 0 Å². The fourth-order valence-electron chi connectivity index (χ4n) is 1.54. The number of nitrogens with zero attached hydrogens (tertiary/aromatic N) is 1. The molecule has 0 unspecified atom stereocenters. The number of fused-ring (bicyclic) bond motifs is 1. The van der Waals surface area contributed by atoms with E-state index in [9.17, 15) is 17.3 Å². The number of oxazole rings is 1. The molecule has 1 heterocycles. The van der Waals surface area contributed by atoms with Crippen LogP contribution in [0.5, 0.6) is 0 Å². The quantitative estimate of drug-likeness (QED) is 0.366. The second kappa shape index (κ2) is 6.84. The first-order valence-corrected chi connectivity index (χ1v) is 6.76. The minimum absolute atomic E-state index is 0.958. The second-order valence-corrected chi connectivity index (χ2v) is 4.72. The molecule has 106 valence electrons. The van der Waals surface area contributed by atoms with E-state index in [2.05, 4.69) is 24.5 Å². The zero-order valence-corrected chi connectivity index (χ0v) is 11.4. The minimum atomic E-state index is -6.00. The predicted octanol–water partition coefficient (Wildman–Crippen LogP) is 4.15. The molecular formula is C11H14BF4NOS.